The lowest BCUT2D eigenvalue weighted by Crippen LogP contribution is -2.44. The Morgan fingerprint density at radius 1 is 1.67 bits per heavy atom. The van der Waals surface area contributed by atoms with E-state index < -0.39 is 0 Å². The molecule has 1 amide bonds. The summed E-state index contributed by atoms with van der Waals surface area (Å²) in [7, 11) is 0. The first kappa shape index (κ1) is 12.0. The van der Waals surface area contributed by atoms with Crippen LogP contribution in [0.5, 0.6) is 0 Å². The van der Waals surface area contributed by atoms with Crippen molar-refractivity contribution in [2.45, 2.75) is 31.9 Å². The maximum atomic E-state index is 11.4. The van der Waals surface area contributed by atoms with E-state index in [0.29, 0.717) is 6.54 Å². The molecule has 0 aromatic rings. The van der Waals surface area contributed by atoms with E-state index in [-0.39, 0.29) is 24.6 Å². The maximum Gasteiger partial charge on any atom is 0.234 e. The second-order valence-corrected chi connectivity index (χ2v) is 3.78. The van der Waals surface area contributed by atoms with Gasteiger partial charge in [-0.15, -0.1) is 6.42 Å². The quantitative estimate of drug-likeness (QED) is 0.503. The first-order valence-electron chi connectivity index (χ1n) is 5.27. The van der Waals surface area contributed by atoms with Crippen molar-refractivity contribution in [3.63, 3.8) is 0 Å². The highest BCUT2D eigenvalue weighted by atomic mass is 16.5. The fraction of sp³-hybridized carbons (Fsp3) is 0.727. The molecule has 4 nitrogen and oxygen atoms in total. The van der Waals surface area contributed by atoms with E-state index in [4.69, 9.17) is 11.2 Å². The summed E-state index contributed by atoms with van der Waals surface area (Å²) in [6, 6.07) is 0.244. The van der Waals surface area contributed by atoms with Crippen LogP contribution < -0.4 is 10.6 Å². The molecule has 1 aliphatic rings. The molecular formula is C11H18N2O2. The molecule has 15 heavy (non-hydrogen) atoms. The fourth-order valence-corrected chi connectivity index (χ4v) is 1.66. The molecule has 0 aromatic carbocycles. The Hall–Kier alpha value is -1.05. The summed E-state index contributed by atoms with van der Waals surface area (Å²) < 4.78 is 5.39. The molecule has 2 atom stereocenters. The highest BCUT2D eigenvalue weighted by molar-refractivity contribution is 5.78. The van der Waals surface area contributed by atoms with E-state index in [1.165, 1.54) is 0 Å². The van der Waals surface area contributed by atoms with Crippen molar-refractivity contribution in [2.75, 3.05) is 19.7 Å². The summed E-state index contributed by atoms with van der Waals surface area (Å²) in [4.78, 5) is 11.4. The van der Waals surface area contributed by atoms with Gasteiger partial charge in [-0.3, -0.25) is 10.1 Å². The molecule has 4 heteroatoms. The minimum atomic E-state index is 0.00403. The van der Waals surface area contributed by atoms with E-state index in [1.54, 1.807) is 0 Å². The topological polar surface area (TPSA) is 50.4 Å². The highest BCUT2D eigenvalue weighted by Gasteiger charge is 2.20. The van der Waals surface area contributed by atoms with Crippen LogP contribution in [0.1, 0.15) is 19.8 Å². The third kappa shape index (κ3) is 4.82. The molecule has 1 rings (SSSR count). The van der Waals surface area contributed by atoms with E-state index in [9.17, 15) is 4.79 Å². The van der Waals surface area contributed by atoms with Gasteiger partial charge in [0.15, 0.2) is 0 Å². The summed E-state index contributed by atoms with van der Waals surface area (Å²) >= 11 is 0. The maximum absolute atomic E-state index is 11.4. The number of hydrogen-bond acceptors (Lipinski definition) is 3. The van der Waals surface area contributed by atoms with Gasteiger partial charge in [-0.25, -0.2) is 0 Å². The first-order chi connectivity index (χ1) is 7.22. The van der Waals surface area contributed by atoms with Crippen molar-refractivity contribution < 1.29 is 9.53 Å². The molecule has 0 spiro atoms. The Morgan fingerprint density at radius 2 is 2.47 bits per heavy atom. The smallest absolute Gasteiger partial charge is 0.234 e. The van der Waals surface area contributed by atoms with Crippen LogP contribution in [0.4, 0.5) is 0 Å². The average molecular weight is 210 g/mol. The predicted octanol–water partition coefficient (Wildman–Crippen LogP) is -0.107. The second-order valence-electron chi connectivity index (χ2n) is 3.78. The van der Waals surface area contributed by atoms with Crippen molar-refractivity contribution >= 4 is 5.91 Å². The largest absolute Gasteiger partial charge is 0.378 e. The standard InChI is InChI=1S/C11H18N2O2/c1-3-5-12-8-11(14)13-10-4-6-15-9(2)7-10/h1,9-10,12H,4-8H2,2H3,(H,13,14). The Morgan fingerprint density at radius 3 is 3.13 bits per heavy atom. The number of carbonyl (C=O) groups is 1. The number of rotatable bonds is 4. The molecule has 2 unspecified atom stereocenters. The minimum absolute atomic E-state index is 0.00403. The summed E-state index contributed by atoms with van der Waals surface area (Å²) in [5, 5.41) is 5.81. The molecule has 0 aromatic heterocycles. The van der Waals surface area contributed by atoms with Gasteiger partial charge >= 0.3 is 0 Å². The number of nitrogens with one attached hydrogen (secondary N) is 2. The molecular weight excluding hydrogens is 192 g/mol. The lowest BCUT2D eigenvalue weighted by Gasteiger charge is -2.27. The van der Waals surface area contributed by atoms with Gasteiger partial charge < -0.3 is 10.1 Å². The van der Waals surface area contributed by atoms with Gasteiger partial charge in [0, 0.05) is 12.6 Å². The summed E-state index contributed by atoms with van der Waals surface area (Å²) in [6.45, 7) is 3.46. The average Bonchev–Trinajstić information content (AvgIpc) is 2.18. The zero-order valence-electron chi connectivity index (χ0n) is 9.08. The van der Waals surface area contributed by atoms with Crippen molar-refractivity contribution in [3.8, 4) is 12.3 Å². The first-order valence-corrected chi connectivity index (χ1v) is 5.27. The van der Waals surface area contributed by atoms with Gasteiger partial charge in [0.1, 0.15) is 0 Å². The molecule has 0 bridgehead atoms. The van der Waals surface area contributed by atoms with Gasteiger partial charge in [0.05, 0.1) is 19.2 Å². The second kappa shape index (κ2) is 6.44. The molecule has 1 saturated heterocycles. The van der Waals surface area contributed by atoms with Crippen molar-refractivity contribution in [1.82, 2.24) is 10.6 Å². The molecule has 0 saturated carbocycles. The highest BCUT2D eigenvalue weighted by Crippen LogP contribution is 2.12. The van der Waals surface area contributed by atoms with Crippen LogP contribution in [0.2, 0.25) is 0 Å². The van der Waals surface area contributed by atoms with Crippen LogP contribution in [0.3, 0.4) is 0 Å². The van der Waals surface area contributed by atoms with Crippen molar-refractivity contribution in [3.05, 3.63) is 0 Å². The van der Waals surface area contributed by atoms with Gasteiger partial charge in [0.25, 0.3) is 0 Å². The van der Waals surface area contributed by atoms with Gasteiger partial charge in [-0.2, -0.15) is 0 Å². The lowest BCUT2D eigenvalue weighted by atomic mass is 10.0. The minimum Gasteiger partial charge on any atom is -0.378 e. The fourth-order valence-electron chi connectivity index (χ4n) is 1.66. The van der Waals surface area contributed by atoms with E-state index in [1.807, 2.05) is 6.92 Å². The van der Waals surface area contributed by atoms with Crippen LogP contribution in [0, 0.1) is 12.3 Å². The van der Waals surface area contributed by atoms with Crippen LogP contribution in [-0.4, -0.2) is 37.7 Å². The Balaban J connectivity index is 2.16. The van der Waals surface area contributed by atoms with E-state index >= 15 is 0 Å². The number of hydrogen-bond donors (Lipinski definition) is 2. The van der Waals surface area contributed by atoms with Crippen LogP contribution >= 0.6 is 0 Å². The number of amides is 1. The lowest BCUT2D eigenvalue weighted by molar-refractivity contribution is -0.121. The number of ether oxygens (including phenoxy) is 1. The Bertz CT molecular complexity index is 247. The summed E-state index contributed by atoms with van der Waals surface area (Å²) in [5.74, 6) is 2.43. The van der Waals surface area contributed by atoms with E-state index in [0.717, 1.165) is 19.4 Å². The van der Waals surface area contributed by atoms with Crippen LogP contribution in [-0.2, 0) is 9.53 Å². The van der Waals surface area contributed by atoms with Crippen LogP contribution in [0.25, 0.3) is 0 Å². The molecule has 0 radical (unpaired) electrons. The van der Waals surface area contributed by atoms with E-state index in [2.05, 4.69) is 16.6 Å². The predicted molar refractivity (Wildman–Crippen MR) is 58.3 cm³/mol. The molecule has 2 N–H and O–H groups in total. The summed E-state index contributed by atoms with van der Waals surface area (Å²) in [5.41, 5.74) is 0. The number of terminal acetylenes is 1. The molecule has 1 aliphatic heterocycles. The van der Waals surface area contributed by atoms with Gasteiger partial charge in [-0.05, 0) is 19.8 Å². The molecule has 1 fully saturated rings. The molecule has 0 aliphatic carbocycles. The normalized spacial score (nSPS) is 25.6. The zero-order chi connectivity index (χ0) is 11.1. The van der Waals surface area contributed by atoms with Crippen LogP contribution in [0.15, 0.2) is 0 Å². The molecule has 84 valence electrons. The Kier molecular flexibility index (Phi) is 5.16. The third-order valence-electron chi connectivity index (χ3n) is 2.36. The zero-order valence-corrected chi connectivity index (χ0v) is 9.08. The van der Waals surface area contributed by atoms with Crippen molar-refractivity contribution in [1.29, 1.82) is 0 Å². The van der Waals surface area contributed by atoms with Gasteiger partial charge in [0.2, 0.25) is 5.91 Å². The monoisotopic (exact) mass is 210 g/mol. The van der Waals surface area contributed by atoms with Crippen molar-refractivity contribution in [2.24, 2.45) is 0 Å². The molecule has 1 heterocycles. The number of carbonyl (C=O) groups excluding carboxylic acids is 1. The Labute approximate surface area is 90.8 Å². The van der Waals surface area contributed by atoms with Gasteiger partial charge in [-0.1, -0.05) is 5.92 Å². The SMILES string of the molecule is C#CCNCC(=O)NC1CCOC(C)C1. The summed E-state index contributed by atoms with van der Waals surface area (Å²) in [6.07, 6.45) is 7.08. The third-order valence-corrected chi connectivity index (χ3v) is 2.36.